The van der Waals surface area contributed by atoms with Crippen molar-refractivity contribution in [1.29, 1.82) is 0 Å². The number of benzene rings is 1. The number of nitrogen functional groups attached to an aromatic ring is 1. The number of rotatable bonds is 6. The number of carbonyl (C=O) groups excluding carboxylic acids is 1. The van der Waals surface area contributed by atoms with E-state index < -0.39 is 10.8 Å². The molecule has 0 saturated heterocycles. The summed E-state index contributed by atoms with van der Waals surface area (Å²) in [5.74, 6) is -0.397. The van der Waals surface area contributed by atoms with Gasteiger partial charge in [-0.2, -0.15) is 0 Å². The van der Waals surface area contributed by atoms with Crippen LogP contribution in [0.2, 0.25) is 0 Å². The predicted octanol–water partition coefficient (Wildman–Crippen LogP) is 0.859. The number of likely N-dealkylation sites (N-methyl/N-ethyl adjacent to an activating group) is 1. The summed E-state index contributed by atoms with van der Waals surface area (Å²) in [7, 11) is 1.94. The van der Waals surface area contributed by atoms with Crippen molar-refractivity contribution in [3.8, 4) is 0 Å². The van der Waals surface area contributed by atoms with E-state index in [4.69, 9.17) is 5.73 Å². The zero-order valence-corrected chi connectivity index (χ0v) is 11.0. The minimum Gasteiger partial charge on any atom is -0.398 e. The van der Waals surface area contributed by atoms with Gasteiger partial charge in [0, 0.05) is 30.9 Å². The Morgan fingerprint density at radius 2 is 2.21 bits per heavy atom. The third-order valence-corrected chi connectivity index (χ3v) is 2.81. The quantitative estimate of drug-likeness (QED) is 0.451. The van der Waals surface area contributed by atoms with Crippen molar-refractivity contribution in [3.05, 3.63) is 33.9 Å². The van der Waals surface area contributed by atoms with Gasteiger partial charge in [0.05, 0.1) is 10.5 Å². The van der Waals surface area contributed by atoms with Crippen molar-refractivity contribution < 1.29 is 9.72 Å². The minimum absolute atomic E-state index is 0.133. The molecule has 1 amide bonds. The SMILES string of the molecule is CCN(C)CCNC(=O)c1cc([N+](=O)[O-])ccc1N. The molecule has 0 spiro atoms. The molecule has 0 atom stereocenters. The molecule has 3 N–H and O–H groups in total. The normalized spacial score (nSPS) is 10.5. The number of nitro groups is 1. The number of nitrogens with two attached hydrogens (primary N) is 1. The van der Waals surface area contributed by atoms with Crippen molar-refractivity contribution >= 4 is 17.3 Å². The topological polar surface area (TPSA) is 102 Å². The summed E-state index contributed by atoms with van der Waals surface area (Å²) in [6.45, 7) is 4.07. The van der Waals surface area contributed by atoms with E-state index in [-0.39, 0.29) is 16.9 Å². The Labute approximate surface area is 111 Å². The Bertz CT molecular complexity index is 476. The van der Waals surface area contributed by atoms with E-state index in [1.165, 1.54) is 18.2 Å². The van der Waals surface area contributed by atoms with Crippen molar-refractivity contribution in [2.45, 2.75) is 6.92 Å². The Kier molecular flexibility index (Phi) is 5.25. The van der Waals surface area contributed by atoms with Gasteiger partial charge >= 0.3 is 0 Å². The van der Waals surface area contributed by atoms with E-state index in [1.807, 2.05) is 18.9 Å². The van der Waals surface area contributed by atoms with Gasteiger partial charge in [-0.05, 0) is 19.7 Å². The van der Waals surface area contributed by atoms with Gasteiger partial charge in [0.25, 0.3) is 11.6 Å². The lowest BCUT2D eigenvalue weighted by Gasteiger charge is -2.14. The molecule has 0 aromatic heterocycles. The Morgan fingerprint density at radius 1 is 1.53 bits per heavy atom. The number of non-ortho nitro benzene ring substituents is 1. The average Bonchev–Trinajstić information content (AvgIpc) is 2.38. The van der Waals surface area contributed by atoms with Gasteiger partial charge in [0.15, 0.2) is 0 Å². The molecule has 0 aliphatic carbocycles. The first-order valence-electron chi connectivity index (χ1n) is 5.96. The van der Waals surface area contributed by atoms with Gasteiger partial charge < -0.3 is 16.0 Å². The van der Waals surface area contributed by atoms with Crippen molar-refractivity contribution in [1.82, 2.24) is 10.2 Å². The monoisotopic (exact) mass is 266 g/mol. The molecule has 0 unspecified atom stereocenters. The van der Waals surface area contributed by atoms with E-state index in [1.54, 1.807) is 0 Å². The fourth-order valence-corrected chi connectivity index (χ4v) is 1.47. The van der Waals surface area contributed by atoms with Crippen LogP contribution >= 0.6 is 0 Å². The molecule has 0 radical (unpaired) electrons. The van der Waals surface area contributed by atoms with Crippen LogP contribution in [0.3, 0.4) is 0 Å². The number of hydrogen-bond acceptors (Lipinski definition) is 5. The summed E-state index contributed by atoms with van der Waals surface area (Å²) < 4.78 is 0. The number of hydrogen-bond donors (Lipinski definition) is 2. The fourth-order valence-electron chi connectivity index (χ4n) is 1.47. The highest BCUT2D eigenvalue weighted by Crippen LogP contribution is 2.19. The van der Waals surface area contributed by atoms with Gasteiger partial charge in [0.1, 0.15) is 0 Å². The molecule has 19 heavy (non-hydrogen) atoms. The molecule has 7 nitrogen and oxygen atoms in total. The maximum absolute atomic E-state index is 11.9. The zero-order valence-electron chi connectivity index (χ0n) is 11.0. The molecular formula is C12H18N4O3. The van der Waals surface area contributed by atoms with Crippen molar-refractivity contribution in [2.24, 2.45) is 0 Å². The highest BCUT2D eigenvalue weighted by atomic mass is 16.6. The maximum atomic E-state index is 11.9. The molecule has 0 saturated carbocycles. The first kappa shape index (κ1) is 14.9. The third kappa shape index (κ3) is 4.22. The second-order valence-corrected chi connectivity index (χ2v) is 4.18. The van der Waals surface area contributed by atoms with Crippen LogP contribution in [0.5, 0.6) is 0 Å². The van der Waals surface area contributed by atoms with Crippen LogP contribution in [0.1, 0.15) is 17.3 Å². The smallest absolute Gasteiger partial charge is 0.270 e. The Balaban J connectivity index is 2.71. The highest BCUT2D eigenvalue weighted by molar-refractivity contribution is 5.99. The second kappa shape index (κ2) is 6.69. The molecule has 0 bridgehead atoms. The molecule has 0 aliphatic heterocycles. The molecular weight excluding hydrogens is 248 g/mol. The molecule has 0 heterocycles. The van der Waals surface area contributed by atoms with Crippen LogP contribution in [0.15, 0.2) is 18.2 Å². The maximum Gasteiger partial charge on any atom is 0.270 e. The van der Waals surface area contributed by atoms with Crippen LogP contribution in [0, 0.1) is 10.1 Å². The number of amides is 1. The summed E-state index contributed by atoms with van der Waals surface area (Å²) >= 11 is 0. The molecule has 0 fully saturated rings. The number of nitro benzene ring substituents is 1. The van der Waals surface area contributed by atoms with Gasteiger partial charge in [0.2, 0.25) is 0 Å². The zero-order chi connectivity index (χ0) is 14.4. The number of anilines is 1. The van der Waals surface area contributed by atoms with Crippen molar-refractivity contribution in [2.75, 3.05) is 32.4 Å². The lowest BCUT2D eigenvalue weighted by Crippen LogP contribution is -2.33. The first-order valence-corrected chi connectivity index (χ1v) is 5.96. The number of nitrogens with one attached hydrogen (secondary N) is 1. The largest absolute Gasteiger partial charge is 0.398 e. The fraction of sp³-hybridized carbons (Fsp3) is 0.417. The molecule has 7 heteroatoms. The van der Waals surface area contributed by atoms with Crippen LogP contribution in [0.4, 0.5) is 11.4 Å². The summed E-state index contributed by atoms with van der Waals surface area (Å²) in [6, 6.07) is 3.83. The molecule has 0 aliphatic rings. The van der Waals surface area contributed by atoms with E-state index in [2.05, 4.69) is 5.32 Å². The van der Waals surface area contributed by atoms with Gasteiger partial charge in [-0.25, -0.2) is 0 Å². The molecule has 1 rings (SSSR count). The lowest BCUT2D eigenvalue weighted by molar-refractivity contribution is -0.384. The molecule has 104 valence electrons. The van der Waals surface area contributed by atoms with Gasteiger partial charge in [-0.1, -0.05) is 6.92 Å². The average molecular weight is 266 g/mol. The van der Waals surface area contributed by atoms with Crippen molar-refractivity contribution in [3.63, 3.8) is 0 Å². The summed E-state index contributed by atoms with van der Waals surface area (Å²) in [6.07, 6.45) is 0. The molecule has 1 aromatic carbocycles. The minimum atomic E-state index is -0.554. The van der Waals surface area contributed by atoms with Crippen LogP contribution in [-0.4, -0.2) is 42.4 Å². The van der Waals surface area contributed by atoms with E-state index in [0.29, 0.717) is 13.1 Å². The summed E-state index contributed by atoms with van der Waals surface area (Å²) in [5, 5.41) is 13.3. The summed E-state index contributed by atoms with van der Waals surface area (Å²) in [5.41, 5.74) is 5.87. The van der Waals surface area contributed by atoms with Crippen LogP contribution < -0.4 is 11.1 Å². The standard InChI is InChI=1S/C12H18N4O3/c1-3-15(2)7-6-14-12(17)10-8-9(16(18)19)4-5-11(10)13/h4-5,8H,3,6-7,13H2,1-2H3,(H,14,17). The molecule has 1 aromatic rings. The highest BCUT2D eigenvalue weighted by Gasteiger charge is 2.14. The Morgan fingerprint density at radius 3 is 2.79 bits per heavy atom. The summed E-state index contributed by atoms with van der Waals surface area (Å²) in [4.78, 5) is 24.0. The lowest BCUT2D eigenvalue weighted by atomic mass is 10.1. The predicted molar refractivity (Wildman–Crippen MR) is 73.0 cm³/mol. The third-order valence-electron chi connectivity index (χ3n) is 2.81. The second-order valence-electron chi connectivity index (χ2n) is 4.18. The van der Waals surface area contributed by atoms with E-state index in [0.717, 1.165) is 6.54 Å². The number of carbonyl (C=O) groups is 1. The van der Waals surface area contributed by atoms with Gasteiger partial charge in [-0.15, -0.1) is 0 Å². The first-order chi connectivity index (χ1) is 8.95. The van der Waals surface area contributed by atoms with Crippen LogP contribution in [0.25, 0.3) is 0 Å². The Hall–Kier alpha value is -2.15. The van der Waals surface area contributed by atoms with E-state index in [9.17, 15) is 14.9 Å². The van der Waals surface area contributed by atoms with Gasteiger partial charge in [-0.3, -0.25) is 14.9 Å². The number of nitrogens with zero attached hydrogens (tertiary/aromatic N) is 2. The van der Waals surface area contributed by atoms with E-state index >= 15 is 0 Å². The van der Waals surface area contributed by atoms with Crippen LogP contribution in [-0.2, 0) is 0 Å².